The Balaban J connectivity index is 1.78. The van der Waals surface area contributed by atoms with E-state index in [0.29, 0.717) is 16.6 Å². The smallest absolute Gasteiger partial charge is 0.276 e. The van der Waals surface area contributed by atoms with Gasteiger partial charge in [-0.1, -0.05) is 0 Å². The topological polar surface area (TPSA) is 101 Å². The number of aromatic amines is 1. The number of amides is 1. The van der Waals surface area contributed by atoms with Crippen LogP contribution < -0.4 is 10.9 Å². The highest BCUT2D eigenvalue weighted by molar-refractivity contribution is 7.14. The second-order valence-corrected chi connectivity index (χ2v) is 4.62. The van der Waals surface area contributed by atoms with Gasteiger partial charge in [-0.3, -0.25) is 14.9 Å². The largest absolute Gasteiger partial charge is 0.463 e. The molecule has 3 aromatic rings. The van der Waals surface area contributed by atoms with Gasteiger partial charge in [0.2, 0.25) is 0 Å². The average molecular weight is 288 g/mol. The molecule has 8 heteroatoms. The second-order valence-electron chi connectivity index (χ2n) is 3.77. The van der Waals surface area contributed by atoms with Crippen molar-refractivity contribution in [1.82, 2.24) is 15.0 Å². The van der Waals surface area contributed by atoms with E-state index in [4.69, 9.17) is 4.42 Å². The second kappa shape index (κ2) is 5.10. The normalized spacial score (nSPS) is 10.4. The molecule has 0 bridgehead atoms. The monoisotopic (exact) mass is 288 g/mol. The molecule has 0 aromatic carbocycles. The fourth-order valence-electron chi connectivity index (χ4n) is 1.52. The zero-order valence-electron chi connectivity index (χ0n) is 9.99. The molecule has 0 radical (unpaired) electrons. The molecule has 0 atom stereocenters. The summed E-state index contributed by atoms with van der Waals surface area (Å²) in [5.41, 5.74) is 0.276. The van der Waals surface area contributed by atoms with Crippen LogP contribution in [0.1, 0.15) is 10.5 Å². The van der Waals surface area contributed by atoms with Crippen LogP contribution in [0.15, 0.2) is 45.4 Å². The number of hydrogen-bond donors (Lipinski definition) is 2. The Kier molecular flexibility index (Phi) is 3.13. The Morgan fingerprint density at radius 2 is 2.35 bits per heavy atom. The van der Waals surface area contributed by atoms with Crippen molar-refractivity contribution in [1.29, 1.82) is 0 Å². The molecule has 0 aliphatic carbocycles. The van der Waals surface area contributed by atoms with Crippen molar-refractivity contribution in [2.75, 3.05) is 5.32 Å². The third kappa shape index (κ3) is 2.50. The van der Waals surface area contributed by atoms with E-state index in [1.54, 1.807) is 23.8 Å². The van der Waals surface area contributed by atoms with Gasteiger partial charge >= 0.3 is 0 Å². The fourth-order valence-corrected chi connectivity index (χ4v) is 2.22. The Hall–Kier alpha value is -2.74. The summed E-state index contributed by atoms with van der Waals surface area (Å²) in [6.45, 7) is 0. The molecule has 0 aliphatic heterocycles. The van der Waals surface area contributed by atoms with E-state index in [2.05, 4.69) is 20.3 Å². The number of nitrogens with one attached hydrogen (secondary N) is 2. The first-order valence-electron chi connectivity index (χ1n) is 5.58. The SMILES string of the molecule is O=C(Nc1nc(-c2ccco2)cs1)c1cc(=O)[nH]cn1. The van der Waals surface area contributed by atoms with Crippen molar-refractivity contribution in [3.05, 3.63) is 52.2 Å². The van der Waals surface area contributed by atoms with Crippen LogP contribution in [0.4, 0.5) is 5.13 Å². The lowest BCUT2D eigenvalue weighted by molar-refractivity contribution is 0.102. The molecule has 100 valence electrons. The maximum Gasteiger partial charge on any atom is 0.276 e. The summed E-state index contributed by atoms with van der Waals surface area (Å²) in [7, 11) is 0. The summed E-state index contributed by atoms with van der Waals surface area (Å²) >= 11 is 1.26. The minimum absolute atomic E-state index is 0.0310. The third-order valence-corrected chi connectivity index (χ3v) is 3.17. The molecule has 3 rings (SSSR count). The molecular formula is C12H8N4O3S. The van der Waals surface area contributed by atoms with Gasteiger partial charge in [0, 0.05) is 11.4 Å². The Morgan fingerprint density at radius 3 is 3.10 bits per heavy atom. The molecule has 1 amide bonds. The first kappa shape index (κ1) is 12.3. The molecule has 3 heterocycles. The number of carbonyl (C=O) groups is 1. The minimum atomic E-state index is -0.489. The van der Waals surface area contributed by atoms with Gasteiger partial charge < -0.3 is 9.40 Å². The quantitative estimate of drug-likeness (QED) is 0.764. The van der Waals surface area contributed by atoms with Crippen molar-refractivity contribution in [3.63, 3.8) is 0 Å². The predicted octanol–water partition coefficient (Wildman–Crippen LogP) is 1.74. The molecule has 3 aromatic heterocycles. The van der Waals surface area contributed by atoms with Crippen molar-refractivity contribution >= 4 is 22.4 Å². The molecule has 0 spiro atoms. The molecule has 0 saturated carbocycles. The van der Waals surface area contributed by atoms with Gasteiger partial charge in [-0.05, 0) is 12.1 Å². The minimum Gasteiger partial charge on any atom is -0.463 e. The van der Waals surface area contributed by atoms with Crippen molar-refractivity contribution in [2.45, 2.75) is 0 Å². The number of furan rings is 1. The predicted molar refractivity (Wildman–Crippen MR) is 72.6 cm³/mol. The number of H-pyrrole nitrogens is 1. The summed E-state index contributed by atoms with van der Waals surface area (Å²) in [5.74, 6) is 0.132. The maximum absolute atomic E-state index is 11.9. The number of aromatic nitrogens is 3. The Morgan fingerprint density at radius 1 is 1.45 bits per heavy atom. The zero-order chi connectivity index (χ0) is 13.9. The molecule has 20 heavy (non-hydrogen) atoms. The number of nitrogens with zero attached hydrogens (tertiary/aromatic N) is 2. The van der Waals surface area contributed by atoms with Crippen LogP contribution in [0.3, 0.4) is 0 Å². The number of anilines is 1. The fraction of sp³-hybridized carbons (Fsp3) is 0. The van der Waals surface area contributed by atoms with Gasteiger partial charge in [0.25, 0.3) is 11.5 Å². The molecule has 7 nitrogen and oxygen atoms in total. The lowest BCUT2D eigenvalue weighted by Crippen LogP contribution is -2.17. The van der Waals surface area contributed by atoms with Crippen LogP contribution in [0.25, 0.3) is 11.5 Å². The zero-order valence-corrected chi connectivity index (χ0v) is 10.8. The van der Waals surface area contributed by atoms with E-state index in [1.807, 2.05) is 0 Å². The van der Waals surface area contributed by atoms with Gasteiger partial charge in [0.1, 0.15) is 11.4 Å². The van der Waals surface area contributed by atoms with Crippen LogP contribution in [0.5, 0.6) is 0 Å². The number of thiazole rings is 1. The van der Waals surface area contributed by atoms with Gasteiger partial charge in [-0.25, -0.2) is 9.97 Å². The van der Waals surface area contributed by atoms with Crippen molar-refractivity contribution < 1.29 is 9.21 Å². The summed E-state index contributed by atoms with van der Waals surface area (Å²) < 4.78 is 5.21. The Labute approximate surface area is 116 Å². The van der Waals surface area contributed by atoms with Crippen LogP contribution in [0.2, 0.25) is 0 Å². The highest BCUT2D eigenvalue weighted by Crippen LogP contribution is 2.25. The van der Waals surface area contributed by atoms with Crippen LogP contribution >= 0.6 is 11.3 Å². The van der Waals surface area contributed by atoms with E-state index in [-0.39, 0.29) is 11.3 Å². The first-order chi connectivity index (χ1) is 9.72. The summed E-state index contributed by atoms with van der Waals surface area (Å²) in [4.78, 5) is 33.3. The maximum atomic E-state index is 11.9. The molecule has 0 fully saturated rings. The highest BCUT2D eigenvalue weighted by Gasteiger charge is 2.12. The van der Waals surface area contributed by atoms with Crippen LogP contribution in [0, 0.1) is 0 Å². The molecule has 0 unspecified atom stereocenters. The van der Waals surface area contributed by atoms with Gasteiger partial charge in [-0.15, -0.1) is 11.3 Å². The summed E-state index contributed by atoms with van der Waals surface area (Å²) in [6.07, 6.45) is 2.72. The molecule has 0 aliphatic rings. The summed E-state index contributed by atoms with van der Waals surface area (Å²) in [6, 6.07) is 4.66. The van der Waals surface area contributed by atoms with Crippen molar-refractivity contribution in [3.8, 4) is 11.5 Å². The van der Waals surface area contributed by atoms with Crippen LogP contribution in [-0.4, -0.2) is 20.9 Å². The average Bonchev–Trinajstić information content (AvgIpc) is 3.08. The van der Waals surface area contributed by atoms with E-state index >= 15 is 0 Å². The highest BCUT2D eigenvalue weighted by atomic mass is 32.1. The molecular weight excluding hydrogens is 280 g/mol. The number of hydrogen-bond acceptors (Lipinski definition) is 6. The number of rotatable bonds is 3. The van der Waals surface area contributed by atoms with Gasteiger partial charge in [0.05, 0.1) is 12.6 Å². The van der Waals surface area contributed by atoms with E-state index in [0.717, 1.165) is 6.07 Å². The van der Waals surface area contributed by atoms with Gasteiger partial charge in [-0.2, -0.15) is 0 Å². The summed E-state index contributed by atoms with van der Waals surface area (Å²) in [5, 5.41) is 4.75. The van der Waals surface area contributed by atoms with E-state index < -0.39 is 5.91 Å². The van der Waals surface area contributed by atoms with Gasteiger partial charge in [0.15, 0.2) is 10.9 Å². The Bertz CT molecular complexity index is 791. The lowest BCUT2D eigenvalue weighted by atomic mass is 10.4. The van der Waals surface area contributed by atoms with Crippen molar-refractivity contribution in [2.24, 2.45) is 0 Å². The van der Waals surface area contributed by atoms with Crippen LogP contribution in [-0.2, 0) is 0 Å². The first-order valence-corrected chi connectivity index (χ1v) is 6.46. The van der Waals surface area contributed by atoms with E-state index in [9.17, 15) is 9.59 Å². The lowest BCUT2D eigenvalue weighted by Gasteiger charge is -1.99. The third-order valence-electron chi connectivity index (χ3n) is 2.41. The van der Waals surface area contributed by atoms with E-state index in [1.165, 1.54) is 17.7 Å². The molecule has 0 saturated heterocycles. The molecule has 2 N–H and O–H groups in total. The number of carbonyl (C=O) groups excluding carboxylic acids is 1. The standard InChI is InChI=1S/C12H8N4O3S/c17-10-4-7(13-6-14-10)11(18)16-12-15-8(5-20-12)9-2-1-3-19-9/h1-6H,(H,13,14,17)(H,15,16,18).